The number of anilines is 1. The molecule has 2 N–H and O–H groups in total. The van der Waals surface area contributed by atoms with E-state index in [-0.39, 0.29) is 17.2 Å². The summed E-state index contributed by atoms with van der Waals surface area (Å²) in [7, 11) is 1.74. The molecular weight excluding hydrogens is 441 g/mol. The number of hydrogen-bond acceptors (Lipinski definition) is 5. The monoisotopic (exact) mass is 461 g/mol. The van der Waals surface area contributed by atoms with E-state index in [1.165, 1.54) is 30.0 Å². The Morgan fingerprint density at radius 3 is 2.71 bits per heavy atom. The second-order valence-electron chi connectivity index (χ2n) is 6.87. The van der Waals surface area contributed by atoms with Crippen LogP contribution >= 0.6 is 23.4 Å². The lowest BCUT2D eigenvalue weighted by atomic mass is 10.2. The number of nitrogens with zero attached hydrogens (tertiary/aromatic N) is 3. The minimum absolute atomic E-state index is 0.0425. The highest BCUT2D eigenvalue weighted by Gasteiger charge is 2.20. The highest BCUT2D eigenvalue weighted by molar-refractivity contribution is 7.99. The van der Waals surface area contributed by atoms with Gasteiger partial charge in [-0.05, 0) is 43.7 Å². The lowest BCUT2D eigenvalue weighted by Crippen LogP contribution is -2.29. The summed E-state index contributed by atoms with van der Waals surface area (Å²) in [5.41, 5.74) is 1.52. The van der Waals surface area contributed by atoms with Crippen molar-refractivity contribution in [2.45, 2.75) is 25.0 Å². The van der Waals surface area contributed by atoms with E-state index in [1.807, 2.05) is 13.0 Å². The van der Waals surface area contributed by atoms with Crippen molar-refractivity contribution >= 4 is 40.9 Å². The molecule has 1 heterocycles. The zero-order valence-electron chi connectivity index (χ0n) is 17.1. The summed E-state index contributed by atoms with van der Waals surface area (Å²) in [6.07, 6.45) is 0. The molecule has 0 saturated heterocycles. The summed E-state index contributed by atoms with van der Waals surface area (Å²) in [5, 5.41) is 14.8. The Labute approximate surface area is 188 Å². The van der Waals surface area contributed by atoms with Crippen LogP contribution in [0.15, 0.2) is 47.6 Å². The van der Waals surface area contributed by atoms with Crippen molar-refractivity contribution in [3.05, 3.63) is 70.3 Å². The zero-order valence-corrected chi connectivity index (χ0v) is 18.7. The number of halogens is 2. The SMILES string of the molecule is Cc1ccc(Cl)cc1NC(=O)CSc1nnc([C@@H](C)NC(=O)c2ccccc2F)n1C. The van der Waals surface area contributed by atoms with Gasteiger partial charge in [-0.3, -0.25) is 9.59 Å². The van der Waals surface area contributed by atoms with Crippen LogP contribution in [0.1, 0.15) is 34.7 Å². The number of aromatic nitrogens is 3. The average molecular weight is 462 g/mol. The third kappa shape index (κ3) is 5.62. The number of nitrogens with one attached hydrogen (secondary N) is 2. The van der Waals surface area contributed by atoms with Crippen LogP contribution < -0.4 is 10.6 Å². The Balaban J connectivity index is 1.60. The van der Waals surface area contributed by atoms with Gasteiger partial charge in [0, 0.05) is 17.8 Å². The predicted octanol–water partition coefficient (Wildman–Crippen LogP) is 4.14. The first-order valence-electron chi connectivity index (χ1n) is 9.39. The number of rotatable bonds is 7. The van der Waals surface area contributed by atoms with Gasteiger partial charge < -0.3 is 15.2 Å². The molecule has 0 aliphatic carbocycles. The fraction of sp³-hybridized carbons (Fsp3) is 0.238. The van der Waals surface area contributed by atoms with Crippen molar-refractivity contribution in [1.29, 1.82) is 0 Å². The van der Waals surface area contributed by atoms with Gasteiger partial charge in [0.25, 0.3) is 5.91 Å². The van der Waals surface area contributed by atoms with Crippen molar-refractivity contribution in [2.75, 3.05) is 11.1 Å². The second kappa shape index (κ2) is 9.93. The first-order chi connectivity index (χ1) is 14.8. The Bertz CT molecular complexity index is 1120. The highest BCUT2D eigenvalue weighted by atomic mass is 35.5. The molecular formula is C21H21ClFN5O2S. The molecule has 3 rings (SSSR count). The van der Waals surface area contributed by atoms with E-state index in [0.717, 1.165) is 5.56 Å². The van der Waals surface area contributed by atoms with Crippen molar-refractivity contribution in [3.63, 3.8) is 0 Å². The lowest BCUT2D eigenvalue weighted by Gasteiger charge is -2.14. The maximum absolute atomic E-state index is 13.8. The van der Waals surface area contributed by atoms with Crippen molar-refractivity contribution in [3.8, 4) is 0 Å². The minimum atomic E-state index is -0.595. The van der Waals surface area contributed by atoms with Crippen LogP contribution in [0.2, 0.25) is 5.02 Å². The van der Waals surface area contributed by atoms with E-state index in [2.05, 4.69) is 20.8 Å². The van der Waals surface area contributed by atoms with Crippen LogP contribution in [0.4, 0.5) is 10.1 Å². The Hall–Kier alpha value is -2.91. The summed E-state index contributed by atoms with van der Waals surface area (Å²) in [4.78, 5) is 24.6. The fourth-order valence-corrected chi connectivity index (χ4v) is 3.75. The van der Waals surface area contributed by atoms with Crippen molar-refractivity contribution < 1.29 is 14.0 Å². The average Bonchev–Trinajstić information content (AvgIpc) is 3.10. The van der Waals surface area contributed by atoms with E-state index in [4.69, 9.17) is 11.6 Å². The van der Waals surface area contributed by atoms with Gasteiger partial charge in [-0.15, -0.1) is 10.2 Å². The molecule has 0 aliphatic heterocycles. The first-order valence-corrected chi connectivity index (χ1v) is 10.8. The Kier molecular flexibility index (Phi) is 7.29. The third-order valence-corrected chi connectivity index (χ3v) is 5.78. The topological polar surface area (TPSA) is 88.9 Å². The van der Waals surface area contributed by atoms with Gasteiger partial charge in [0.1, 0.15) is 5.82 Å². The summed E-state index contributed by atoms with van der Waals surface area (Å²) >= 11 is 7.19. The van der Waals surface area contributed by atoms with Gasteiger partial charge in [0.2, 0.25) is 5.91 Å². The van der Waals surface area contributed by atoms with Crippen molar-refractivity contribution in [2.24, 2.45) is 7.05 Å². The zero-order chi connectivity index (χ0) is 22.5. The predicted molar refractivity (Wildman–Crippen MR) is 119 cm³/mol. The smallest absolute Gasteiger partial charge is 0.254 e. The molecule has 1 aromatic heterocycles. The molecule has 0 saturated carbocycles. The number of carbonyl (C=O) groups is 2. The third-order valence-electron chi connectivity index (χ3n) is 4.53. The Morgan fingerprint density at radius 2 is 1.97 bits per heavy atom. The van der Waals surface area contributed by atoms with Gasteiger partial charge in [-0.25, -0.2) is 4.39 Å². The molecule has 10 heteroatoms. The number of hydrogen-bond donors (Lipinski definition) is 2. The molecule has 0 unspecified atom stereocenters. The van der Waals surface area contributed by atoms with Crippen LogP contribution in [0.3, 0.4) is 0 Å². The van der Waals surface area contributed by atoms with E-state index in [9.17, 15) is 14.0 Å². The van der Waals surface area contributed by atoms with Crippen LogP contribution in [0.5, 0.6) is 0 Å². The number of aryl methyl sites for hydroxylation is 1. The molecule has 0 spiro atoms. The number of benzene rings is 2. The number of carbonyl (C=O) groups excluding carboxylic acids is 2. The standard InChI is InChI=1S/C21H21ClFN5O2S/c1-12-8-9-14(22)10-17(12)25-18(29)11-31-21-27-26-19(28(21)3)13(2)24-20(30)15-6-4-5-7-16(15)23/h4-10,13H,11H2,1-3H3,(H,24,30)(H,25,29)/t13-/m1/s1. The highest BCUT2D eigenvalue weighted by Crippen LogP contribution is 2.22. The van der Waals surface area contributed by atoms with Gasteiger partial charge in [0.15, 0.2) is 11.0 Å². The summed E-state index contributed by atoms with van der Waals surface area (Å²) in [5.74, 6) is -0.742. The Morgan fingerprint density at radius 1 is 1.23 bits per heavy atom. The molecule has 162 valence electrons. The molecule has 0 radical (unpaired) electrons. The minimum Gasteiger partial charge on any atom is -0.342 e. The van der Waals surface area contributed by atoms with Crippen LogP contribution in [0, 0.1) is 12.7 Å². The number of amides is 2. The molecule has 7 nitrogen and oxygen atoms in total. The van der Waals surface area contributed by atoms with E-state index >= 15 is 0 Å². The largest absolute Gasteiger partial charge is 0.342 e. The van der Waals surface area contributed by atoms with E-state index < -0.39 is 17.8 Å². The van der Waals surface area contributed by atoms with E-state index in [1.54, 1.807) is 36.7 Å². The van der Waals surface area contributed by atoms with Crippen LogP contribution in [-0.4, -0.2) is 32.3 Å². The molecule has 3 aromatic rings. The fourth-order valence-electron chi connectivity index (χ4n) is 2.86. The molecule has 31 heavy (non-hydrogen) atoms. The molecule has 2 amide bonds. The summed E-state index contributed by atoms with van der Waals surface area (Å²) < 4.78 is 15.5. The van der Waals surface area contributed by atoms with Gasteiger partial charge in [-0.2, -0.15) is 0 Å². The quantitative estimate of drug-likeness (QED) is 0.516. The van der Waals surface area contributed by atoms with Gasteiger partial charge in [0.05, 0.1) is 17.4 Å². The maximum Gasteiger partial charge on any atom is 0.254 e. The molecule has 0 bridgehead atoms. The molecule has 0 fully saturated rings. The van der Waals surface area contributed by atoms with Gasteiger partial charge in [-0.1, -0.05) is 41.6 Å². The van der Waals surface area contributed by atoms with Crippen LogP contribution in [0.25, 0.3) is 0 Å². The molecule has 0 aliphatic rings. The van der Waals surface area contributed by atoms with E-state index in [0.29, 0.717) is 21.7 Å². The van der Waals surface area contributed by atoms with Crippen LogP contribution in [-0.2, 0) is 11.8 Å². The summed E-state index contributed by atoms with van der Waals surface area (Å²) in [6.45, 7) is 3.61. The molecule has 1 atom stereocenters. The maximum atomic E-state index is 13.8. The van der Waals surface area contributed by atoms with Gasteiger partial charge >= 0.3 is 0 Å². The normalized spacial score (nSPS) is 11.8. The van der Waals surface area contributed by atoms with Crippen molar-refractivity contribution in [1.82, 2.24) is 20.1 Å². The summed E-state index contributed by atoms with van der Waals surface area (Å²) in [6, 6.07) is 10.5. The second-order valence-corrected chi connectivity index (χ2v) is 8.25. The lowest BCUT2D eigenvalue weighted by molar-refractivity contribution is -0.113. The number of thioether (sulfide) groups is 1. The molecule has 2 aromatic carbocycles. The first kappa shape index (κ1) is 22.8.